The van der Waals surface area contributed by atoms with Crippen LogP contribution in [-0.4, -0.2) is 28.3 Å². The zero-order valence-corrected chi connectivity index (χ0v) is 13.6. The first-order valence-electron chi connectivity index (χ1n) is 6.93. The fourth-order valence-corrected chi connectivity index (χ4v) is 2.07. The maximum absolute atomic E-state index is 11.9. The fourth-order valence-electron chi connectivity index (χ4n) is 1.89. The van der Waals surface area contributed by atoms with Gasteiger partial charge in [-0.25, -0.2) is 4.79 Å². The highest BCUT2D eigenvalue weighted by molar-refractivity contribution is 6.32. The van der Waals surface area contributed by atoms with E-state index in [-0.39, 0.29) is 22.0 Å². The Morgan fingerprint density at radius 1 is 1.08 bits per heavy atom. The molecule has 0 radical (unpaired) electrons. The summed E-state index contributed by atoms with van der Waals surface area (Å²) in [4.78, 5) is 43.7. The molecule has 0 unspecified atom stereocenters. The van der Waals surface area contributed by atoms with Crippen molar-refractivity contribution in [2.24, 2.45) is 0 Å². The number of anilines is 1. The second-order valence-electron chi connectivity index (χ2n) is 4.86. The minimum Gasteiger partial charge on any atom is -0.452 e. The zero-order chi connectivity index (χ0) is 19.3. The molecule has 0 aliphatic carbocycles. The van der Waals surface area contributed by atoms with Crippen LogP contribution in [0.15, 0.2) is 42.5 Å². The minimum atomic E-state index is -0.959. The number of halogens is 1. The molecule has 1 N–H and O–H groups in total. The molecule has 0 bridgehead atoms. The number of non-ortho nitro benzene ring substituents is 1. The van der Waals surface area contributed by atoms with E-state index in [0.717, 1.165) is 12.1 Å². The molecule has 0 spiro atoms. The van der Waals surface area contributed by atoms with Gasteiger partial charge in [0, 0.05) is 23.9 Å². The highest BCUT2D eigenvalue weighted by Crippen LogP contribution is 2.25. The van der Waals surface area contributed by atoms with Gasteiger partial charge < -0.3 is 10.1 Å². The molecule has 0 aliphatic rings. The molecule has 10 nitrogen and oxygen atoms in total. The number of benzene rings is 2. The van der Waals surface area contributed by atoms with E-state index in [0.29, 0.717) is 0 Å². The van der Waals surface area contributed by atoms with Crippen LogP contribution < -0.4 is 5.32 Å². The average Bonchev–Trinajstić information content (AvgIpc) is 2.60. The Bertz CT molecular complexity index is 901. The van der Waals surface area contributed by atoms with Crippen LogP contribution in [0, 0.1) is 20.2 Å². The molecule has 2 aromatic carbocycles. The summed E-state index contributed by atoms with van der Waals surface area (Å²) in [7, 11) is 0. The Morgan fingerprint density at radius 2 is 1.81 bits per heavy atom. The van der Waals surface area contributed by atoms with Gasteiger partial charge in [-0.1, -0.05) is 17.7 Å². The number of rotatable bonds is 6. The maximum atomic E-state index is 11.9. The summed E-state index contributed by atoms with van der Waals surface area (Å²) < 4.78 is 4.76. The van der Waals surface area contributed by atoms with E-state index in [9.17, 15) is 29.8 Å². The van der Waals surface area contributed by atoms with Crippen molar-refractivity contribution in [2.75, 3.05) is 11.9 Å². The quantitative estimate of drug-likeness (QED) is 0.461. The van der Waals surface area contributed by atoms with Gasteiger partial charge in [-0.15, -0.1) is 0 Å². The molecule has 134 valence electrons. The normalized spacial score (nSPS) is 10.0. The van der Waals surface area contributed by atoms with Crippen molar-refractivity contribution in [3.63, 3.8) is 0 Å². The number of ether oxygens (including phenoxy) is 1. The molecule has 0 aromatic heterocycles. The smallest absolute Gasteiger partial charge is 0.338 e. The van der Waals surface area contributed by atoms with Crippen molar-refractivity contribution in [3.8, 4) is 0 Å². The number of carbonyl (C=O) groups is 2. The molecule has 0 aliphatic heterocycles. The van der Waals surface area contributed by atoms with E-state index in [1.54, 1.807) is 0 Å². The number of carbonyl (C=O) groups excluding carboxylic acids is 2. The van der Waals surface area contributed by atoms with Gasteiger partial charge in [0.2, 0.25) is 0 Å². The lowest BCUT2D eigenvalue weighted by Crippen LogP contribution is -2.21. The highest BCUT2D eigenvalue weighted by atomic mass is 35.5. The van der Waals surface area contributed by atoms with E-state index < -0.39 is 34.0 Å². The molecular weight excluding hydrogens is 370 g/mol. The lowest BCUT2D eigenvalue weighted by atomic mass is 10.2. The molecule has 0 atom stereocenters. The maximum Gasteiger partial charge on any atom is 0.338 e. The summed E-state index contributed by atoms with van der Waals surface area (Å²) in [5.74, 6) is -1.69. The molecule has 0 fully saturated rings. The van der Waals surface area contributed by atoms with Gasteiger partial charge in [-0.05, 0) is 18.2 Å². The van der Waals surface area contributed by atoms with E-state index in [1.807, 2.05) is 0 Å². The molecule has 0 saturated heterocycles. The van der Waals surface area contributed by atoms with Crippen LogP contribution in [0.3, 0.4) is 0 Å². The van der Waals surface area contributed by atoms with Crippen molar-refractivity contribution in [3.05, 3.63) is 73.3 Å². The molecule has 2 aromatic rings. The van der Waals surface area contributed by atoms with Gasteiger partial charge in [-0.3, -0.25) is 25.0 Å². The first kappa shape index (κ1) is 18.8. The van der Waals surface area contributed by atoms with Gasteiger partial charge in [0.1, 0.15) is 5.02 Å². The van der Waals surface area contributed by atoms with Crippen molar-refractivity contribution < 1.29 is 24.2 Å². The van der Waals surface area contributed by atoms with Gasteiger partial charge in [0.05, 0.1) is 15.4 Å². The molecule has 26 heavy (non-hydrogen) atoms. The van der Waals surface area contributed by atoms with Gasteiger partial charge in [0.25, 0.3) is 17.3 Å². The van der Waals surface area contributed by atoms with Gasteiger partial charge >= 0.3 is 5.97 Å². The Balaban J connectivity index is 1.98. The number of nitro benzene ring substituents is 2. The Labute approximate surface area is 150 Å². The van der Waals surface area contributed by atoms with Crippen LogP contribution in [0.1, 0.15) is 10.4 Å². The van der Waals surface area contributed by atoms with E-state index >= 15 is 0 Å². The molecular formula is C15H10ClN3O7. The van der Waals surface area contributed by atoms with Crippen molar-refractivity contribution in [1.82, 2.24) is 0 Å². The van der Waals surface area contributed by atoms with Gasteiger partial charge in [0.15, 0.2) is 6.61 Å². The Kier molecular flexibility index (Phi) is 5.81. The number of hydrogen-bond acceptors (Lipinski definition) is 7. The number of nitrogens with zero attached hydrogens (tertiary/aromatic N) is 2. The first-order chi connectivity index (χ1) is 12.3. The summed E-state index contributed by atoms with van der Waals surface area (Å²) in [5.41, 5.74) is -0.679. The summed E-state index contributed by atoms with van der Waals surface area (Å²) in [5, 5.41) is 23.7. The third-order valence-corrected chi connectivity index (χ3v) is 3.37. The number of hydrogen-bond donors (Lipinski definition) is 1. The molecule has 11 heteroatoms. The summed E-state index contributed by atoms with van der Waals surface area (Å²) in [6, 6.07) is 8.52. The van der Waals surface area contributed by atoms with E-state index in [2.05, 4.69) is 5.32 Å². The van der Waals surface area contributed by atoms with Crippen LogP contribution >= 0.6 is 11.6 Å². The average molecular weight is 380 g/mol. The topological polar surface area (TPSA) is 142 Å². The Hall–Kier alpha value is -3.53. The number of esters is 1. The van der Waals surface area contributed by atoms with Crippen molar-refractivity contribution in [1.29, 1.82) is 0 Å². The fraction of sp³-hybridized carbons (Fsp3) is 0.0667. The van der Waals surface area contributed by atoms with Crippen molar-refractivity contribution in [2.45, 2.75) is 0 Å². The standard InChI is InChI=1S/C15H10ClN3O7/c16-12-5-4-9(6-13(12)19(24)25)15(21)26-8-14(20)17-10-2-1-3-11(7-10)18(22)23/h1-7H,8H2,(H,17,20). The lowest BCUT2D eigenvalue weighted by molar-refractivity contribution is -0.384. The van der Waals surface area contributed by atoms with E-state index in [1.165, 1.54) is 30.3 Å². The summed E-state index contributed by atoms with van der Waals surface area (Å²) in [6.45, 7) is -0.683. The lowest BCUT2D eigenvalue weighted by Gasteiger charge is -2.07. The minimum absolute atomic E-state index is 0.144. The SMILES string of the molecule is O=C(COC(=O)c1ccc(Cl)c([N+](=O)[O-])c1)Nc1cccc([N+](=O)[O-])c1. The number of nitrogens with one attached hydrogen (secondary N) is 1. The van der Waals surface area contributed by atoms with Crippen LogP contribution in [0.5, 0.6) is 0 Å². The van der Waals surface area contributed by atoms with Crippen LogP contribution in [-0.2, 0) is 9.53 Å². The van der Waals surface area contributed by atoms with Crippen LogP contribution in [0.25, 0.3) is 0 Å². The highest BCUT2D eigenvalue weighted by Gasteiger charge is 2.18. The Morgan fingerprint density at radius 3 is 2.46 bits per heavy atom. The van der Waals surface area contributed by atoms with E-state index in [4.69, 9.17) is 16.3 Å². The van der Waals surface area contributed by atoms with Crippen molar-refractivity contribution >= 4 is 40.5 Å². The molecule has 0 saturated carbocycles. The second kappa shape index (κ2) is 8.03. The second-order valence-corrected chi connectivity index (χ2v) is 5.26. The predicted octanol–water partition coefficient (Wildman–Crippen LogP) is 2.95. The first-order valence-corrected chi connectivity index (χ1v) is 7.31. The van der Waals surface area contributed by atoms with Gasteiger partial charge in [-0.2, -0.15) is 0 Å². The monoisotopic (exact) mass is 379 g/mol. The largest absolute Gasteiger partial charge is 0.452 e. The molecule has 1 amide bonds. The zero-order valence-electron chi connectivity index (χ0n) is 12.9. The number of amides is 1. The predicted molar refractivity (Wildman–Crippen MR) is 90.1 cm³/mol. The molecule has 0 heterocycles. The van der Waals surface area contributed by atoms with Crippen LogP contribution in [0.4, 0.5) is 17.1 Å². The summed E-state index contributed by atoms with van der Waals surface area (Å²) >= 11 is 5.64. The van der Waals surface area contributed by atoms with Crippen LogP contribution in [0.2, 0.25) is 5.02 Å². The molecule has 2 rings (SSSR count). The summed E-state index contributed by atoms with van der Waals surface area (Å²) in [6.07, 6.45) is 0. The third-order valence-electron chi connectivity index (χ3n) is 3.05. The number of nitro groups is 2. The third kappa shape index (κ3) is 4.74.